The number of benzene rings is 1. The van der Waals surface area contributed by atoms with Gasteiger partial charge in [-0.25, -0.2) is 0 Å². The van der Waals surface area contributed by atoms with Crippen LogP contribution in [0.15, 0.2) is 29.3 Å². The van der Waals surface area contributed by atoms with Crippen LogP contribution in [-0.2, 0) is 0 Å². The molecule has 0 aliphatic carbocycles. The average Bonchev–Trinajstić information content (AvgIpc) is 2.41. The fourth-order valence-electron chi connectivity index (χ4n) is 1.89. The van der Waals surface area contributed by atoms with Crippen molar-refractivity contribution in [2.45, 2.75) is 32.4 Å². The molecule has 0 fully saturated rings. The Morgan fingerprint density at radius 1 is 1.27 bits per heavy atom. The van der Waals surface area contributed by atoms with Crippen molar-refractivity contribution in [1.29, 1.82) is 0 Å². The molecule has 0 aliphatic heterocycles. The molecule has 22 heavy (non-hydrogen) atoms. The molecular formula is C15H23F3IN3. The Morgan fingerprint density at radius 2 is 1.95 bits per heavy atom. The topological polar surface area (TPSA) is 36.4 Å². The third-order valence-electron chi connectivity index (χ3n) is 3.11. The number of aliphatic imine (C=N–C) groups is 1. The lowest BCUT2D eigenvalue weighted by atomic mass is 9.99. The van der Waals surface area contributed by atoms with Crippen molar-refractivity contribution >= 4 is 29.9 Å². The summed E-state index contributed by atoms with van der Waals surface area (Å²) in [5, 5.41) is 5.71. The monoisotopic (exact) mass is 429 g/mol. The molecule has 1 rings (SSSR count). The van der Waals surface area contributed by atoms with Gasteiger partial charge >= 0.3 is 6.18 Å². The summed E-state index contributed by atoms with van der Waals surface area (Å²) in [4.78, 5) is 3.92. The zero-order valence-corrected chi connectivity index (χ0v) is 15.3. The number of hydrogen-bond donors (Lipinski definition) is 2. The Morgan fingerprint density at radius 3 is 2.50 bits per heavy atom. The van der Waals surface area contributed by atoms with Crippen molar-refractivity contribution in [1.82, 2.24) is 10.6 Å². The lowest BCUT2D eigenvalue weighted by Crippen LogP contribution is -2.40. The highest BCUT2D eigenvalue weighted by Gasteiger charge is 2.26. The predicted octanol–water partition coefficient (Wildman–Crippen LogP) is 3.83. The van der Waals surface area contributed by atoms with Gasteiger partial charge in [0.25, 0.3) is 0 Å². The molecule has 0 spiro atoms. The van der Waals surface area contributed by atoms with Crippen molar-refractivity contribution in [3.63, 3.8) is 0 Å². The van der Waals surface area contributed by atoms with Crippen molar-refractivity contribution in [3.05, 3.63) is 35.4 Å². The van der Waals surface area contributed by atoms with Gasteiger partial charge in [0.15, 0.2) is 5.96 Å². The van der Waals surface area contributed by atoms with E-state index in [0.29, 0.717) is 12.5 Å². The average molecular weight is 429 g/mol. The maximum atomic E-state index is 12.1. The van der Waals surface area contributed by atoms with Gasteiger partial charge in [-0.1, -0.05) is 36.8 Å². The molecule has 0 saturated heterocycles. The third-order valence-corrected chi connectivity index (χ3v) is 3.11. The van der Waals surface area contributed by atoms with Gasteiger partial charge in [-0.05, 0) is 18.4 Å². The summed E-state index contributed by atoms with van der Waals surface area (Å²) in [6.07, 6.45) is -5.03. The second kappa shape index (κ2) is 9.91. The summed E-state index contributed by atoms with van der Waals surface area (Å²) < 4.78 is 36.2. The van der Waals surface area contributed by atoms with Crippen molar-refractivity contribution in [2.75, 3.05) is 20.1 Å². The van der Waals surface area contributed by atoms with E-state index in [1.807, 2.05) is 25.1 Å². The van der Waals surface area contributed by atoms with Crippen LogP contribution in [0.2, 0.25) is 0 Å². The molecule has 0 bridgehead atoms. The summed E-state index contributed by atoms with van der Waals surface area (Å²) in [7, 11) is 1.54. The maximum Gasteiger partial charge on any atom is 0.390 e. The lowest BCUT2D eigenvalue weighted by Gasteiger charge is -2.17. The molecule has 1 aromatic carbocycles. The first kappa shape index (κ1) is 21.0. The number of hydrogen-bond acceptors (Lipinski definition) is 1. The van der Waals surface area contributed by atoms with Crippen LogP contribution < -0.4 is 10.6 Å². The van der Waals surface area contributed by atoms with Crippen molar-refractivity contribution < 1.29 is 13.2 Å². The zero-order chi connectivity index (χ0) is 15.9. The Bertz CT molecular complexity index is 475. The number of nitrogens with zero attached hydrogens (tertiary/aromatic N) is 1. The van der Waals surface area contributed by atoms with Gasteiger partial charge in [0.1, 0.15) is 0 Å². The van der Waals surface area contributed by atoms with Crippen molar-refractivity contribution in [2.24, 2.45) is 4.99 Å². The predicted molar refractivity (Wildman–Crippen MR) is 95.0 cm³/mol. The summed E-state index contributed by atoms with van der Waals surface area (Å²) >= 11 is 0. The second-order valence-electron chi connectivity index (χ2n) is 5.06. The number of guanidine groups is 1. The molecule has 2 N–H and O–H groups in total. The quantitative estimate of drug-likeness (QED) is 0.424. The molecule has 1 aromatic rings. The minimum absolute atomic E-state index is 0. The maximum absolute atomic E-state index is 12.1. The van der Waals surface area contributed by atoms with Crippen LogP contribution in [0.25, 0.3) is 0 Å². The van der Waals surface area contributed by atoms with Crippen molar-refractivity contribution in [3.8, 4) is 0 Å². The first-order chi connectivity index (χ1) is 9.81. The van der Waals surface area contributed by atoms with Crippen LogP contribution in [0.4, 0.5) is 13.2 Å². The smallest absolute Gasteiger partial charge is 0.356 e. The summed E-state index contributed by atoms with van der Waals surface area (Å²) in [6, 6.07) is 8.17. The van der Waals surface area contributed by atoms with E-state index in [0.717, 1.165) is 0 Å². The van der Waals surface area contributed by atoms with Crippen LogP contribution >= 0.6 is 24.0 Å². The van der Waals surface area contributed by atoms with E-state index in [1.165, 1.54) is 11.1 Å². The molecule has 0 amide bonds. The molecule has 1 atom stereocenters. The van der Waals surface area contributed by atoms with Gasteiger partial charge in [0, 0.05) is 20.1 Å². The van der Waals surface area contributed by atoms with E-state index in [4.69, 9.17) is 0 Å². The van der Waals surface area contributed by atoms with E-state index in [1.54, 1.807) is 7.05 Å². The van der Waals surface area contributed by atoms with E-state index in [9.17, 15) is 13.2 Å². The minimum atomic E-state index is -4.15. The highest BCUT2D eigenvalue weighted by Crippen LogP contribution is 2.18. The van der Waals surface area contributed by atoms with Gasteiger partial charge < -0.3 is 10.6 Å². The lowest BCUT2D eigenvalue weighted by molar-refractivity contribution is -0.132. The molecule has 0 radical (unpaired) electrons. The molecule has 7 heteroatoms. The molecule has 1 unspecified atom stereocenters. The highest BCUT2D eigenvalue weighted by atomic mass is 127. The summed E-state index contributed by atoms with van der Waals surface area (Å²) in [5.74, 6) is 0.629. The van der Waals surface area contributed by atoms with Gasteiger partial charge in [0.2, 0.25) is 0 Å². The fraction of sp³-hybridized carbons (Fsp3) is 0.533. The first-order valence-electron chi connectivity index (χ1n) is 6.89. The summed E-state index contributed by atoms with van der Waals surface area (Å²) in [6.45, 7) is 4.52. The molecule has 3 nitrogen and oxygen atoms in total. The number of nitrogens with one attached hydrogen (secondary N) is 2. The molecular weight excluding hydrogens is 406 g/mol. The molecule has 126 valence electrons. The molecule has 0 saturated carbocycles. The molecule has 0 aliphatic rings. The van der Waals surface area contributed by atoms with Crippen LogP contribution in [0.1, 0.15) is 30.4 Å². The largest absolute Gasteiger partial charge is 0.390 e. The standard InChI is InChI=1S/C15H22F3N3.HI/c1-11-5-4-6-13(9-11)12(2)10-21-14(19-3)20-8-7-15(16,17)18;/h4-6,9,12H,7-8,10H2,1-3H3,(H2,19,20,21);1H. The Labute approximate surface area is 146 Å². The van der Waals surface area contributed by atoms with E-state index in [2.05, 4.69) is 28.6 Å². The van der Waals surface area contributed by atoms with Gasteiger partial charge in [0.05, 0.1) is 6.42 Å². The number of halogens is 4. The minimum Gasteiger partial charge on any atom is -0.356 e. The fourth-order valence-corrected chi connectivity index (χ4v) is 1.89. The number of aryl methyl sites for hydroxylation is 1. The first-order valence-corrected chi connectivity index (χ1v) is 6.89. The zero-order valence-electron chi connectivity index (χ0n) is 13.0. The normalized spacial score (nSPS) is 13.3. The van der Waals surface area contributed by atoms with Crippen LogP contribution in [0.3, 0.4) is 0 Å². The van der Waals surface area contributed by atoms with E-state index >= 15 is 0 Å². The van der Waals surface area contributed by atoms with E-state index in [-0.39, 0.29) is 36.4 Å². The number of rotatable bonds is 5. The molecule has 0 heterocycles. The SMILES string of the molecule is CN=C(NCCC(F)(F)F)NCC(C)c1cccc(C)c1.I. The van der Waals surface area contributed by atoms with Gasteiger partial charge in [-0.2, -0.15) is 13.2 Å². The second-order valence-corrected chi connectivity index (χ2v) is 5.06. The third kappa shape index (κ3) is 8.45. The van der Waals surface area contributed by atoms with Crippen LogP contribution in [-0.4, -0.2) is 32.3 Å². The Balaban J connectivity index is 0.00000441. The summed E-state index contributed by atoms with van der Waals surface area (Å²) in [5.41, 5.74) is 2.38. The molecule has 0 aromatic heterocycles. The van der Waals surface area contributed by atoms with Gasteiger partial charge in [-0.3, -0.25) is 4.99 Å². The Hall–Kier alpha value is -0.990. The van der Waals surface area contributed by atoms with Crippen LogP contribution in [0, 0.1) is 6.92 Å². The van der Waals surface area contributed by atoms with Gasteiger partial charge in [-0.15, -0.1) is 24.0 Å². The van der Waals surface area contributed by atoms with Crippen LogP contribution in [0.5, 0.6) is 0 Å². The number of alkyl halides is 3. The highest BCUT2D eigenvalue weighted by molar-refractivity contribution is 14.0. The van der Waals surface area contributed by atoms with E-state index < -0.39 is 12.6 Å². The Kier molecular flexibility index (Phi) is 9.47.